The molecule has 21 heavy (non-hydrogen) atoms. The molecule has 0 bridgehead atoms. The molecule has 0 fully saturated rings. The standard InChI is InChI=1S/C16H18N4O/c17-8-7-13-11-20(15-4-2-1-3-14(13)15)16(21)6-5-12-9-18-19-10-12/h1-6,9-10,13H,7-8,11,17H2,(H,18,19)/b6-5+. The lowest BCUT2D eigenvalue weighted by Gasteiger charge is -2.15. The summed E-state index contributed by atoms with van der Waals surface area (Å²) in [5, 5.41) is 6.58. The highest BCUT2D eigenvalue weighted by molar-refractivity contribution is 6.05. The summed E-state index contributed by atoms with van der Waals surface area (Å²) in [6.45, 7) is 1.33. The fourth-order valence-corrected chi connectivity index (χ4v) is 2.76. The van der Waals surface area contributed by atoms with Crippen LogP contribution < -0.4 is 10.6 Å². The number of aromatic amines is 1. The Labute approximate surface area is 123 Å². The van der Waals surface area contributed by atoms with Crippen molar-refractivity contribution >= 4 is 17.7 Å². The second-order valence-electron chi connectivity index (χ2n) is 5.15. The Morgan fingerprint density at radius 3 is 3.10 bits per heavy atom. The van der Waals surface area contributed by atoms with E-state index >= 15 is 0 Å². The number of nitrogens with one attached hydrogen (secondary N) is 1. The molecule has 1 aromatic carbocycles. The minimum absolute atomic E-state index is 0.0110. The normalized spacial score (nSPS) is 17.4. The molecule has 1 aliphatic rings. The average Bonchev–Trinajstić information content (AvgIpc) is 3.14. The molecule has 1 aliphatic heterocycles. The van der Waals surface area contributed by atoms with Gasteiger partial charge in [0.2, 0.25) is 0 Å². The minimum Gasteiger partial charge on any atom is -0.330 e. The number of fused-ring (bicyclic) bond motifs is 1. The third kappa shape index (κ3) is 2.73. The van der Waals surface area contributed by atoms with Crippen LogP contribution >= 0.6 is 0 Å². The molecule has 1 aromatic heterocycles. The Kier molecular flexibility index (Phi) is 3.83. The molecule has 0 spiro atoms. The van der Waals surface area contributed by atoms with Crippen molar-refractivity contribution in [2.75, 3.05) is 18.0 Å². The SMILES string of the molecule is NCCC1CN(C(=O)/C=C/c2cn[nH]c2)c2ccccc21. The molecular formula is C16H18N4O. The number of nitrogens with two attached hydrogens (primary N) is 1. The minimum atomic E-state index is -0.0110. The number of hydrogen-bond donors (Lipinski definition) is 2. The first kappa shape index (κ1) is 13.6. The summed E-state index contributed by atoms with van der Waals surface area (Å²) in [5.74, 6) is 0.320. The van der Waals surface area contributed by atoms with Gasteiger partial charge in [0.25, 0.3) is 5.91 Å². The van der Waals surface area contributed by atoms with Gasteiger partial charge in [-0.05, 0) is 30.7 Å². The molecule has 0 aliphatic carbocycles. The number of anilines is 1. The molecule has 1 amide bonds. The van der Waals surface area contributed by atoms with Gasteiger partial charge in [-0.1, -0.05) is 18.2 Å². The van der Waals surface area contributed by atoms with Crippen LogP contribution in [0.15, 0.2) is 42.7 Å². The number of rotatable bonds is 4. The number of carbonyl (C=O) groups is 1. The highest BCUT2D eigenvalue weighted by Crippen LogP contribution is 2.37. The molecule has 2 aromatic rings. The summed E-state index contributed by atoms with van der Waals surface area (Å²) in [6, 6.07) is 8.06. The summed E-state index contributed by atoms with van der Waals surface area (Å²) in [5.41, 5.74) is 8.78. The van der Waals surface area contributed by atoms with Crippen LogP contribution in [0.25, 0.3) is 6.08 Å². The molecule has 2 heterocycles. The van der Waals surface area contributed by atoms with Gasteiger partial charge in [0.15, 0.2) is 0 Å². The van der Waals surface area contributed by atoms with E-state index in [2.05, 4.69) is 16.3 Å². The molecule has 0 radical (unpaired) electrons. The number of aromatic nitrogens is 2. The molecule has 5 heteroatoms. The Hall–Kier alpha value is -2.40. The summed E-state index contributed by atoms with van der Waals surface area (Å²) < 4.78 is 0. The van der Waals surface area contributed by atoms with Gasteiger partial charge in [0.1, 0.15) is 0 Å². The van der Waals surface area contributed by atoms with Crippen LogP contribution in [0.2, 0.25) is 0 Å². The lowest BCUT2D eigenvalue weighted by molar-refractivity contribution is -0.114. The topological polar surface area (TPSA) is 75.0 Å². The number of H-pyrrole nitrogens is 1. The quantitative estimate of drug-likeness (QED) is 0.841. The zero-order valence-electron chi connectivity index (χ0n) is 11.7. The van der Waals surface area contributed by atoms with Gasteiger partial charge in [-0.15, -0.1) is 0 Å². The summed E-state index contributed by atoms with van der Waals surface area (Å²) in [7, 11) is 0. The molecule has 3 N–H and O–H groups in total. The monoisotopic (exact) mass is 282 g/mol. The Morgan fingerprint density at radius 1 is 1.48 bits per heavy atom. The molecular weight excluding hydrogens is 264 g/mol. The summed E-state index contributed by atoms with van der Waals surface area (Å²) in [6.07, 6.45) is 7.68. The van der Waals surface area contributed by atoms with Crippen LogP contribution in [-0.4, -0.2) is 29.2 Å². The van der Waals surface area contributed by atoms with Gasteiger partial charge >= 0.3 is 0 Å². The molecule has 108 valence electrons. The van der Waals surface area contributed by atoms with Crippen molar-refractivity contribution in [3.05, 3.63) is 53.9 Å². The Balaban J connectivity index is 1.81. The van der Waals surface area contributed by atoms with E-state index in [0.29, 0.717) is 19.0 Å². The van der Waals surface area contributed by atoms with Gasteiger partial charge in [0.05, 0.1) is 6.20 Å². The van der Waals surface area contributed by atoms with Gasteiger partial charge in [-0.2, -0.15) is 5.10 Å². The molecule has 1 unspecified atom stereocenters. The van der Waals surface area contributed by atoms with Crippen LogP contribution in [0.4, 0.5) is 5.69 Å². The van der Waals surface area contributed by atoms with E-state index in [4.69, 9.17) is 5.73 Å². The number of hydrogen-bond acceptors (Lipinski definition) is 3. The van der Waals surface area contributed by atoms with Crippen molar-refractivity contribution in [1.82, 2.24) is 10.2 Å². The van der Waals surface area contributed by atoms with E-state index in [0.717, 1.165) is 17.7 Å². The average molecular weight is 282 g/mol. The third-order valence-corrected chi connectivity index (χ3v) is 3.79. The summed E-state index contributed by atoms with van der Waals surface area (Å²) in [4.78, 5) is 14.3. The molecule has 3 rings (SSSR count). The van der Waals surface area contributed by atoms with E-state index in [1.54, 1.807) is 24.5 Å². The fourth-order valence-electron chi connectivity index (χ4n) is 2.76. The van der Waals surface area contributed by atoms with Crippen molar-refractivity contribution in [3.63, 3.8) is 0 Å². The van der Waals surface area contributed by atoms with Crippen LogP contribution in [0.1, 0.15) is 23.5 Å². The first-order chi connectivity index (χ1) is 10.3. The maximum Gasteiger partial charge on any atom is 0.251 e. The van der Waals surface area contributed by atoms with E-state index in [1.807, 2.05) is 23.1 Å². The molecule has 5 nitrogen and oxygen atoms in total. The largest absolute Gasteiger partial charge is 0.330 e. The number of nitrogens with zero attached hydrogens (tertiary/aromatic N) is 2. The third-order valence-electron chi connectivity index (χ3n) is 3.79. The van der Waals surface area contributed by atoms with Crippen molar-refractivity contribution < 1.29 is 4.79 Å². The van der Waals surface area contributed by atoms with Gasteiger partial charge in [0, 0.05) is 36.0 Å². The maximum absolute atomic E-state index is 12.4. The van der Waals surface area contributed by atoms with Gasteiger partial charge < -0.3 is 10.6 Å². The van der Waals surface area contributed by atoms with Crippen molar-refractivity contribution in [2.24, 2.45) is 5.73 Å². The Bertz CT molecular complexity index is 648. The van der Waals surface area contributed by atoms with Crippen LogP contribution in [-0.2, 0) is 4.79 Å². The zero-order chi connectivity index (χ0) is 14.7. The smallest absolute Gasteiger partial charge is 0.251 e. The van der Waals surface area contributed by atoms with Crippen LogP contribution in [0.5, 0.6) is 0 Å². The van der Waals surface area contributed by atoms with Crippen LogP contribution in [0.3, 0.4) is 0 Å². The van der Waals surface area contributed by atoms with E-state index < -0.39 is 0 Å². The molecule has 0 saturated heterocycles. The predicted octanol–water partition coefficient (Wildman–Crippen LogP) is 1.90. The number of benzene rings is 1. The highest BCUT2D eigenvalue weighted by Gasteiger charge is 2.30. The van der Waals surface area contributed by atoms with Gasteiger partial charge in [-0.3, -0.25) is 9.89 Å². The van der Waals surface area contributed by atoms with E-state index in [9.17, 15) is 4.79 Å². The predicted molar refractivity (Wildman–Crippen MR) is 82.8 cm³/mol. The van der Waals surface area contributed by atoms with Gasteiger partial charge in [-0.25, -0.2) is 0 Å². The van der Waals surface area contributed by atoms with Crippen LogP contribution in [0, 0.1) is 0 Å². The number of para-hydroxylation sites is 1. The maximum atomic E-state index is 12.4. The lowest BCUT2D eigenvalue weighted by atomic mass is 9.98. The second kappa shape index (κ2) is 5.93. The van der Waals surface area contributed by atoms with E-state index in [1.165, 1.54) is 5.56 Å². The van der Waals surface area contributed by atoms with Crippen molar-refractivity contribution in [2.45, 2.75) is 12.3 Å². The first-order valence-corrected chi connectivity index (χ1v) is 7.07. The van der Waals surface area contributed by atoms with Crippen molar-refractivity contribution in [3.8, 4) is 0 Å². The van der Waals surface area contributed by atoms with E-state index in [-0.39, 0.29) is 5.91 Å². The first-order valence-electron chi connectivity index (χ1n) is 7.07. The lowest BCUT2D eigenvalue weighted by Crippen LogP contribution is -2.28. The highest BCUT2D eigenvalue weighted by atomic mass is 16.2. The molecule has 1 atom stereocenters. The molecule has 0 saturated carbocycles. The fraction of sp³-hybridized carbons (Fsp3) is 0.250. The Morgan fingerprint density at radius 2 is 2.33 bits per heavy atom. The second-order valence-corrected chi connectivity index (χ2v) is 5.15. The summed E-state index contributed by atoms with van der Waals surface area (Å²) >= 11 is 0. The zero-order valence-corrected chi connectivity index (χ0v) is 11.7. The van der Waals surface area contributed by atoms with Crippen molar-refractivity contribution in [1.29, 1.82) is 0 Å². The number of amides is 1. The number of carbonyl (C=O) groups excluding carboxylic acids is 1.